The molecule has 1 unspecified atom stereocenters. The summed E-state index contributed by atoms with van der Waals surface area (Å²) in [4.78, 5) is 22.8. The fourth-order valence-electron chi connectivity index (χ4n) is 2.24. The molecule has 8 heteroatoms. The van der Waals surface area contributed by atoms with Gasteiger partial charge in [-0.1, -0.05) is 0 Å². The Hall–Kier alpha value is -2.06. The highest BCUT2D eigenvalue weighted by Gasteiger charge is 2.28. The van der Waals surface area contributed by atoms with Crippen LogP contribution in [0.2, 0.25) is 0 Å². The zero-order chi connectivity index (χ0) is 14.7. The number of hydrogen-bond donors (Lipinski definition) is 2. The predicted octanol–water partition coefficient (Wildman–Crippen LogP) is 0.592. The molecule has 1 aromatic rings. The molecule has 0 spiro atoms. The molecular weight excluding hydrogens is 269 g/mol. The minimum Gasteiger partial charge on any atom is -0.480 e. The van der Waals surface area contributed by atoms with Crippen molar-refractivity contribution in [3.05, 3.63) is 39.7 Å². The highest BCUT2D eigenvalue weighted by Crippen LogP contribution is 2.19. The average Bonchev–Trinajstić information content (AvgIpc) is 2.38. The number of nitrogens with one attached hydrogen (secondary N) is 1. The fraction of sp³-hybridized carbons (Fsp3) is 0.417. The molecule has 1 heterocycles. The van der Waals surface area contributed by atoms with E-state index in [0.29, 0.717) is 25.2 Å². The lowest BCUT2D eigenvalue weighted by atomic mass is 10.1. The van der Waals surface area contributed by atoms with Crippen LogP contribution in [0.3, 0.4) is 0 Å². The summed E-state index contributed by atoms with van der Waals surface area (Å²) >= 11 is 0. The molecule has 2 N–H and O–H groups in total. The number of hydrogen-bond acceptors (Lipinski definition) is 5. The molecule has 1 atom stereocenters. The lowest BCUT2D eigenvalue weighted by Gasteiger charge is -2.33. The number of non-ortho nitro benzene ring substituents is 1. The summed E-state index contributed by atoms with van der Waals surface area (Å²) < 4.78 is 13.3. The summed E-state index contributed by atoms with van der Waals surface area (Å²) in [6.45, 7) is 1.58. The molecule has 0 bridgehead atoms. The maximum Gasteiger partial charge on any atom is 0.322 e. The number of nitro groups is 1. The van der Waals surface area contributed by atoms with Gasteiger partial charge in [0.05, 0.1) is 11.0 Å². The fourth-order valence-corrected chi connectivity index (χ4v) is 2.24. The van der Waals surface area contributed by atoms with Crippen LogP contribution in [0, 0.1) is 15.9 Å². The Kier molecular flexibility index (Phi) is 4.26. The van der Waals surface area contributed by atoms with Gasteiger partial charge in [-0.05, 0) is 11.6 Å². The van der Waals surface area contributed by atoms with Crippen LogP contribution in [0.4, 0.5) is 10.1 Å². The first-order valence-corrected chi connectivity index (χ1v) is 6.09. The molecule has 7 nitrogen and oxygen atoms in total. The standard InChI is InChI=1S/C12H14FN3O4/c13-9-3-8(4-10(5-9)16(19)20)7-15-2-1-14-6-11(15)12(17)18/h3-5,11,14H,1-2,6-7H2,(H,17,18). The van der Waals surface area contributed by atoms with Gasteiger partial charge in [0.15, 0.2) is 0 Å². The molecule has 1 saturated heterocycles. The number of carbonyl (C=O) groups is 1. The quantitative estimate of drug-likeness (QED) is 0.620. The second-order valence-corrected chi connectivity index (χ2v) is 4.60. The predicted molar refractivity (Wildman–Crippen MR) is 67.8 cm³/mol. The molecule has 108 valence electrons. The molecule has 0 aliphatic carbocycles. The molecule has 1 fully saturated rings. The monoisotopic (exact) mass is 283 g/mol. The second-order valence-electron chi connectivity index (χ2n) is 4.60. The van der Waals surface area contributed by atoms with Crippen LogP contribution in [-0.4, -0.2) is 46.6 Å². The van der Waals surface area contributed by atoms with Crippen LogP contribution in [-0.2, 0) is 11.3 Å². The third kappa shape index (κ3) is 3.28. The van der Waals surface area contributed by atoms with Crippen LogP contribution in [0.15, 0.2) is 18.2 Å². The molecule has 1 aliphatic rings. The van der Waals surface area contributed by atoms with E-state index in [4.69, 9.17) is 5.11 Å². The summed E-state index contributed by atoms with van der Waals surface area (Å²) in [6.07, 6.45) is 0. The van der Waals surface area contributed by atoms with Gasteiger partial charge in [-0.3, -0.25) is 19.8 Å². The lowest BCUT2D eigenvalue weighted by Crippen LogP contribution is -2.54. The van der Waals surface area contributed by atoms with Crippen molar-refractivity contribution >= 4 is 11.7 Å². The van der Waals surface area contributed by atoms with Crippen molar-refractivity contribution < 1.29 is 19.2 Å². The minimum atomic E-state index is -0.969. The van der Waals surface area contributed by atoms with Crippen molar-refractivity contribution in [3.63, 3.8) is 0 Å². The van der Waals surface area contributed by atoms with Gasteiger partial charge in [-0.2, -0.15) is 0 Å². The topological polar surface area (TPSA) is 95.7 Å². The number of piperazine rings is 1. The van der Waals surface area contributed by atoms with Crippen molar-refractivity contribution in [3.8, 4) is 0 Å². The van der Waals surface area contributed by atoms with Gasteiger partial charge < -0.3 is 10.4 Å². The third-order valence-electron chi connectivity index (χ3n) is 3.18. The third-order valence-corrected chi connectivity index (χ3v) is 3.18. The smallest absolute Gasteiger partial charge is 0.322 e. The Labute approximate surface area is 114 Å². The first-order chi connectivity index (χ1) is 9.47. The van der Waals surface area contributed by atoms with Crippen molar-refractivity contribution in [1.29, 1.82) is 0 Å². The first kappa shape index (κ1) is 14.4. The number of nitrogens with zero attached hydrogens (tertiary/aromatic N) is 2. The van der Waals surface area contributed by atoms with Gasteiger partial charge in [0.2, 0.25) is 0 Å². The van der Waals surface area contributed by atoms with E-state index in [1.165, 1.54) is 12.1 Å². The number of benzene rings is 1. The zero-order valence-electron chi connectivity index (χ0n) is 10.6. The van der Waals surface area contributed by atoms with E-state index in [0.717, 1.165) is 6.07 Å². The normalized spacial score (nSPS) is 19.8. The number of aliphatic carboxylic acids is 1. The molecule has 2 rings (SSSR count). The van der Waals surface area contributed by atoms with Crippen LogP contribution >= 0.6 is 0 Å². The highest BCUT2D eigenvalue weighted by molar-refractivity contribution is 5.74. The summed E-state index contributed by atoms with van der Waals surface area (Å²) in [6, 6.07) is 2.58. The maximum absolute atomic E-state index is 13.3. The molecule has 0 aromatic heterocycles. The lowest BCUT2D eigenvalue weighted by molar-refractivity contribution is -0.385. The van der Waals surface area contributed by atoms with E-state index in [1.54, 1.807) is 4.90 Å². The van der Waals surface area contributed by atoms with E-state index in [9.17, 15) is 19.3 Å². The van der Waals surface area contributed by atoms with Gasteiger partial charge in [0.1, 0.15) is 11.9 Å². The van der Waals surface area contributed by atoms with E-state index < -0.39 is 22.8 Å². The Morgan fingerprint density at radius 3 is 2.95 bits per heavy atom. The van der Waals surface area contributed by atoms with Crippen molar-refractivity contribution in [2.45, 2.75) is 12.6 Å². The molecule has 0 saturated carbocycles. The molecule has 1 aliphatic heterocycles. The Morgan fingerprint density at radius 2 is 2.30 bits per heavy atom. The van der Waals surface area contributed by atoms with Gasteiger partial charge in [-0.15, -0.1) is 0 Å². The van der Waals surface area contributed by atoms with Crippen molar-refractivity contribution in [1.82, 2.24) is 10.2 Å². The number of rotatable bonds is 4. The van der Waals surface area contributed by atoms with E-state index in [1.807, 2.05) is 0 Å². The van der Waals surface area contributed by atoms with Gasteiger partial charge in [0.25, 0.3) is 5.69 Å². The van der Waals surface area contributed by atoms with Crippen molar-refractivity contribution in [2.24, 2.45) is 0 Å². The number of nitro benzene ring substituents is 1. The highest BCUT2D eigenvalue weighted by atomic mass is 19.1. The van der Waals surface area contributed by atoms with Gasteiger partial charge in [-0.25, -0.2) is 4.39 Å². The average molecular weight is 283 g/mol. The van der Waals surface area contributed by atoms with Crippen LogP contribution < -0.4 is 5.32 Å². The maximum atomic E-state index is 13.3. The van der Waals surface area contributed by atoms with Crippen molar-refractivity contribution in [2.75, 3.05) is 19.6 Å². The summed E-state index contributed by atoms with van der Waals surface area (Å²) in [5, 5.41) is 22.8. The molecule has 0 radical (unpaired) electrons. The Bertz CT molecular complexity index is 537. The van der Waals surface area contributed by atoms with Gasteiger partial charge >= 0.3 is 5.97 Å². The SMILES string of the molecule is O=C(O)C1CNCCN1Cc1cc(F)cc([N+](=O)[O-])c1. The molecule has 20 heavy (non-hydrogen) atoms. The molecule has 0 amide bonds. The second kappa shape index (κ2) is 5.93. The van der Waals surface area contributed by atoms with E-state index >= 15 is 0 Å². The zero-order valence-corrected chi connectivity index (χ0v) is 10.6. The minimum absolute atomic E-state index is 0.164. The Morgan fingerprint density at radius 1 is 1.55 bits per heavy atom. The summed E-state index contributed by atoms with van der Waals surface area (Å²) in [7, 11) is 0. The number of carboxylic acid groups (broad SMARTS) is 1. The molecule has 1 aromatic carbocycles. The summed E-state index contributed by atoms with van der Waals surface area (Å²) in [5.74, 6) is -1.67. The largest absolute Gasteiger partial charge is 0.480 e. The van der Waals surface area contributed by atoms with Crippen LogP contribution in [0.25, 0.3) is 0 Å². The van der Waals surface area contributed by atoms with Crippen LogP contribution in [0.5, 0.6) is 0 Å². The first-order valence-electron chi connectivity index (χ1n) is 6.09. The summed E-state index contributed by atoms with van der Waals surface area (Å²) in [5.41, 5.74) is 0.0619. The van der Waals surface area contributed by atoms with E-state index in [-0.39, 0.29) is 12.2 Å². The van der Waals surface area contributed by atoms with E-state index in [2.05, 4.69) is 5.32 Å². The number of halogens is 1. The van der Waals surface area contributed by atoms with Gasteiger partial charge in [0, 0.05) is 32.2 Å². The molecular formula is C12H14FN3O4. The van der Waals surface area contributed by atoms with Crippen LogP contribution in [0.1, 0.15) is 5.56 Å². The Balaban J connectivity index is 2.19. The number of carboxylic acids is 1.